The normalized spacial score (nSPS) is 15.0. The van der Waals surface area contributed by atoms with E-state index >= 15 is 0 Å². The molecule has 0 N–H and O–H groups in total. The molecule has 0 saturated carbocycles. The molecule has 0 amide bonds. The van der Waals surface area contributed by atoms with Crippen molar-refractivity contribution in [1.29, 1.82) is 0 Å². The highest BCUT2D eigenvalue weighted by molar-refractivity contribution is 6.75. The molecule has 0 spiro atoms. The van der Waals surface area contributed by atoms with Crippen LogP contribution in [0.4, 0.5) is 0 Å². The number of hydrogen-bond donors (Lipinski definition) is 0. The largest absolute Gasteiger partial charge is 0.189 e. The molecule has 0 aliphatic rings. The summed E-state index contributed by atoms with van der Waals surface area (Å²) in [4.78, 5) is -0.485. The lowest BCUT2D eigenvalue weighted by atomic mass is 10.2. The molecule has 0 atom stereocenters. The third-order valence-corrected chi connectivity index (χ3v) is 6.65. The number of alkyl halides is 7. The fourth-order valence-electron chi connectivity index (χ4n) is 0.432. The second kappa shape index (κ2) is 5.50. The summed E-state index contributed by atoms with van der Waals surface area (Å²) in [6.45, 7) is 0. The Morgan fingerprint density at radius 3 is 1.43 bits per heavy atom. The number of hydrogen-bond acceptors (Lipinski definition) is 0. The van der Waals surface area contributed by atoms with Crippen molar-refractivity contribution < 1.29 is 0 Å². The van der Waals surface area contributed by atoms with E-state index in [1.807, 2.05) is 0 Å². The molecule has 0 rings (SSSR count). The van der Waals surface area contributed by atoms with Crippen molar-refractivity contribution >= 4 is 104 Å². The van der Waals surface area contributed by atoms with Crippen molar-refractivity contribution in [2.75, 3.05) is 5.88 Å². The van der Waals surface area contributed by atoms with Crippen LogP contribution in [-0.2, 0) is 0 Å². The van der Waals surface area contributed by atoms with Gasteiger partial charge in [0.1, 0.15) is 0 Å². The van der Waals surface area contributed by atoms with Crippen molar-refractivity contribution in [3.63, 3.8) is 0 Å². The van der Waals surface area contributed by atoms with Gasteiger partial charge in [-0.1, -0.05) is 92.8 Å². The number of rotatable bonds is 4. The van der Waals surface area contributed by atoms with Gasteiger partial charge in [-0.2, -0.15) is 0 Å². The molecule has 0 aliphatic carbocycles. The molecule has 14 heavy (non-hydrogen) atoms. The maximum Gasteiger partial charge on any atom is 0.189 e. The van der Waals surface area contributed by atoms with Gasteiger partial charge in [0.25, 0.3) is 0 Å². The summed E-state index contributed by atoms with van der Waals surface area (Å²) in [6.07, 6.45) is 0. The summed E-state index contributed by atoms with van der Waals surface area (Å²) >= 11 is 50.6. The molecule has 0 saturated heterocycles. The van der Waals surface area contributed by atoms with E-state index < -0.39 is 17.8 Å². The minimum Gasteiger partial charge on any atom is -0.123 e. The Hall–Kier alpha value is 2.61. The fraction of sp³-hybridized carbons (Fsp3) is 0.800. The molecular weight excluding hydrogens is 379 g/mol. The molecule has 0 aliphatic heterocycles. The topological polar surface area (TPSA) is 0 Å². The summed E-state index contributed by atoms with van der Waals surface area (Å²) in [5, 5.41) is 0. The highest BCUT2D eigenvalue weighted by atomic mass is 35.6. The third-order valence-electron chi connectivity index (χ3n) is 1.26. The predicted molar refractivity (Wildman–Crippen MR) is 69.0 cm³/mol. The minimum atomic E-state index is -2.06. The van der Waals surface area contributed by atoms with Gasteiger partial charge in [0.2, 0.25) is 0 Å². The Balaban J connectivity index is 5.14. The monoisotopic (exact) mass is 377 g/mol. The van der Waals surface area contributed by atoms with Gasteiger partial charge in [-0.3, -0.25) is 0 Å². The van der Waals surface area contributed by atoms with Crippen LogP contribution in [0.3, 0.4) is 0 Å². The maximum absolute atomic E-state index is 5.78. The third kappa shape index (κ3) is 3.09. The van der Waals surface area contributed by atoms with Crippen molar-refractivity contribution in [3.8, 4) is 0 Å². The van der Waals surface area contributed by atoms with Crippen LogP contribution in [-0.4, -0.2) is 18.9 Å². The van der Waals surface area contributed by atoms with Gasteiger partial charge in [-0.05, 0) is 0 Å². The van der Waals surface area contributed by atoms with E-state index in [0.29, 0.717) is 0 Å². The first-order chi connectivity index (χ1) is 6.00. The summed E-state index contributed by atoms with van der Waals surface area (Å²) in [6, 6.07) is 0. The molecule has 0 heterocycles. The zero-order valence-electron chi connectivity index (χ0n) is 6.11. The standard InChI is InChI=1S/C5H2Cl9/c6-1-3(9,10)5(13,14)4(11,12)2(7)8/h1H2. The predicted octanol–water partition coefficient (Wildman–Crippen LogP) is 5.71. The van der Waals surface area contributed by atoms with Crippen LogP contribution in [0.2, 0.25) is 0 Å². The van der Waals surface area contributed by atoms with Crippen LogP contribution >= 0.6 is 104 Å². The quantitative estimate of drug-likeness (QED) is 0.547. The van der Waals surface area contributed by atoms with Gasteiger partial charge in [-0.15, -0.1) is 11.6 Å². The van der Waals surface area contributed by atoms with E-state index in [1.165, 1.54) is 0 Å². The SMILES string of the molecule is ClCC(Cl)(Cl)C(Cl)(Cl)C(Cl)(Cl)[C](Cl)Cl. The smallest absolute Gasteiger partial charge is 0.123 e. The van der Waals surface area contributed by atoms with E-state index in [9.17, 15) is 0 Å². The summed E-state index contributed by atoms with van der Waals surface area (Å²) in [5.41, 5.74) is 0. The minimum absolute atomic E-state index is 0.314. The lowest BCUT2D eigenvalue weighted by Crippen LogP contribution is -2.52. The zero-order chi connectivity index (χ0) is 11.8. The van der Waals surface area contributed by atoms with Gasteiger partial charge >= 0.3 is 0 Å². The first-order valence-corrected chi connectivity index (χ1v) is 6.44. The first-order valence-electron chi connectivity index (χ1n) is 2.88. The van der Waals surface area contributed by atoms with Crippen LogP contribution in [0, 0.1) is 4.84 Å². The Labute approximate surface area is 127 Å². The molecule has 0 unspecified atom stereocenters. The average Bonchev–Trinajstić information content (AvgIpc) is 2.03. The van der Waals surface area contributed by atoms with Gasteiger partial charge in [-0.25, -0.2) is 0 Å². The molecule has 0 nitrogen and oxygen atoms in total. The summed E-state index contributed by atoms with van der Waals surface area (Å²) in [7, 11) is 0. The van der Waals surface area contributed by atoms with E-state index in [1.54, 1.807) is 0 Å². The van der Waals surface area contributed by atoms with Gasteiger partial charge < -0.3 is 0 Å². The van der Waals surface area contributed by atoms with Gasteiger partial charge in [0.15, 0.2) is 17.8 Å². The van der Waals surface area contributed by atoms with E-state index in [0.717, 1.165) is 0 Å². The first kappa shape index (κ1) is 16.6. The number of halogens is 9. The van der Waals surface area contributed by atoms with Crippen LogP contribution in [0.5, 0.6) is 0 Å². The highest BCUT2D eigenvalue weighted by Crippen LogP contribution is 2.59. The Kier molecular flexibility index (Phi) is 6.53. The average molecular weight is 381 g/mol. The van der Waals surface area contributed by atoms with E-state index in [2.05, 4.69) is 0 Å². The molecule has 0 fully saturated rings. The van der Waals surface area contributed by atoms with Gasteiger partial charge in [0.05, 0.1) is 5.88 Å². The lowest BCUT2D eigenvalue weighted by molar-refractivity contribution is 0.665. The van der Waals surface area contributed by atoms with Crippen LogP contribution < -0.4 is 0 Å². The highest BCUT2D eigenvalue weighted by Gasteiger charge is 2.63. The summed E-state index contributed by atoms with van der Waals surface area (Å²) in [5.74, 6) is -0.314. The molecule has 0 aromatic carbocycles. The van der Waals surface area contributed by atoms with E-state index in [-0.39, 0.29) is 5.88 Å². The molecule has 85 valence electrons. The van der Waals surface area contributed by atoms with Crippen molar-refractivity contribution in [2.45, 2.75) is 13.0 Å². The second-order valence-electron chi connectivity index (χ2n) is 2.25. The van der Waals surface area contributed by atoms with Crippen LogP contribution in [0.25, 0.3) is 0 Å². The molecule has 0 aromatic rings. The molecule has 9 heteroatoms. The van der Waals surface area contributed by atoms with Crippen LogP contribution in [0.15, 0.2) is 0 Å². The molecule has 0 aromatic heterocycles. The van der Waals surface area contributed by atoms with E-state index in [4.69, 9.17) is 104 Å². The Morgan fingerprint density at radius 2 is 1.21 bits per heavy atom. The lowest BCUT2D eigenvalue weighted by Gasteiger charge is -2.40. The fourth-order valence-corrected chi connectivity index (χ4v) is 2.37. The molecule has 0 bridgehead atoms. The Morgan fingerprint density at radius 1 is 0.857 bits per heavy atom. The van der Waals surface area contributed by atoms with Crippen LogP contribution in [0.1, 0.15) is 0 Å². The van der Waals surface area contributed by atoms with Crippen molar-refractivity contribution in [2.24, 2.45) is 0 Å². The second-order valence-corrected chi connectivity index (χ2v) is 7.60. The van der Waals surface area contributed by atoms with Crippen molar-refractivity contribution in [1.82, 2.24) is 0 Å². The molecule has 1 radical (unpaired) electrons. The maximum atomic E-state index is 5.78. The Bertz CT molecular complexity index is 195. The molecular formula is C5H2Cl9. The zero-order valence-corrected chi connectivity index (χ0v) is 12.9. The van der Waals surface area contributed by atoms with Gasteiger partial charge in [0, 0.05) is 0 Å². The van der Waals surface area contributed by atoms with Crippen molar-refractivity contribution in [3.05, 3.63) is 4.84 Å². The summed E-state index contributed by atoms with van der Waals surface area (Å²) < 4.78 is -5.92.